The van der Waals surface area contributed by atoms with Gasteiger partial charge in [-0.25, -0.2) is 13.1 Å². The fraction of sp³-hybridized carbons (Fsp3) is 0.538. The zero-order chi connectivity index (χ0) is 13.2. The molecule has 0 spiro atoms. The highest BCUT2D eigenvalue weighted by Crippen LogP contribution is 2.32. The maximum absolute atomic E-state index is 12.2. The van der Waals surface area contributed by atoms with Crippen molar-refractivity contribution in [3.8, 4) is 0 Å². The zero-order valence-corrected chi connectivity index (χ0v) is 11.7. The summed E-state index contributed by atoms with van der Waals surface area (Å²) in [4.78, 5) is 0.331. The molecule has 0 radical (unpaired) electrons. The van der Waals surface area contributed by atoms with E-state index in [1.54, 1.807) is 24.3 Å². The Bertz CT molecular complexity index is 504. The van der Waals surface area contributed by atoms with Crippen LogP contribution in [0.25, 0.3) is 0 Å². The first-order valence-electron chi connectivity index (χ1n) is 6.33. The number of hydrogen-bond acceptors (Lipinski definition) is 3. The Kier molecular flexibility index (Phi) is 3.64. The highest BCUT2D eigenvalue weighted by Gasteiger charge is 2.36. The van der Waals surface area contributed by atoms with Gasteiger partial charge in [0.25, 0.3) is 0 Å². The first-order chi connectivity index (χ1) is 8.45. The average molecular weight is 268 g/mol. The van der Waals surface area contributed by atoms with Crippen molar-refractivity contribution in [3.63, 3.8) is 0 Å². The van der Waals surface area contributed by atoms with E-state index in [9.17, 15) is 8.42 Å². The summed E-state index contributed by atoms with van der Waals surface area (Å²) in [6.07, 6.45) is 2.93. The van der Waals surface area contributed by atoms with Crippen LogP contribution in [0.4, 0.5) is 5.69 Å². The molecule has 1 aliphatic rings. The Morgan fingerprint density at radius 3 is 2.28 bits per heavy atom. The van der Waals surface area contributed by atoms with E-state index >= 15 is 0 Å². The summed E-state index contributed by atoms with van der Waals surface area (Å²) in [5.41, 5.74) is 0.686. The van der Waals surface area contributed by atoms with E-state index in [1.807, 2.05) is 13.8 Å². The second-order valence-electron chi connectivity index (χ2n) is 5.07. The molecule has 0 aliphatic heterocycles. The van der Waals surface area contributed by atoms with Crippen molar-refractivity contribution < 1.29 is 8.42 Å². The third-order valence-corrected chi connectivity index (χ3v) is 5.04. The van der Waals surface area contributed by atoms with Crippen molar-refractivity contribution in [1.82, 2.24) is 4.72 Å². The molecule has 0 bridgehead atoms. The number of rotatable bonds is 5. The lowest BCUT2D eigenvalue weighted by molar-refractivity contribution is 0.248. The van der Waals surface area contributed by atoms with Gasteiger partial charge in [0.1, 0.15) is 0 Å². The number of anilines is 1. The van der Waals surface area contributed by atoms with Gasteiger partial charge in [0, 0.05) is 17.8 Å². The van der Waals surface area contributed by atoms with E-state index < -0.39 is 10.0 Å². The molecule has 0 atom stereocenters. The summed E-state index contributed by atoms with van der Waals surface area (Å²) in [6.45, 7) is 4.78. The van der Waals surface area contributed by atoms with E-state index in [4.69, 9.17) is 0 Å². The molecule has 0 saturated heterocycles. The molecule has 2 rings (SSSR count). The number of hydrogen-bond donors (Lipinski definition) is 2. The molecule has 1 aromatic rings. The van der Waals surface area contributed by atoms with Crippen LogP contribution in [0.2, 0.25) is 0 Å². The van der Waals surface area contributed by atoms with Gasteiger partial charge >= 0.3 is 0 Å². The molecule has 0 heterocycles. The van der Waals surface area contributed by atoms with Gasteiger partial charge in [-0.1, -0.05) is 0 Å². The van der Waals surface area contributed by atoms with Crippen LogP contribution in [0.15, 0.2) is 29.2 Å². The minimum absolute atomic E-state index is 0.251. The van der Waals surface area contributed by atoms with Gasteiger partial charge in [-0.2, -0.15) is 0 Å². The van der Waals surface area contributed by atoms with E-state index in [0.29, 0.717) is 4.90 Å². The molecular weight excluding hydrogens is 248 g/mol. The number of sulfonamides is 1. The van der Waals surface area contributed by atoms with Crippen molar-refractivity contribution in [2.24, 2.45) is 0 Å². The largest absolute Gasteiger partial charge is 0.385 e. The van der Waals surface area contributed by atoms with Crippen LogP contribution in [0.1, 0.15) is 33.1 Å². The average Bonchev–Trinajstić information content (AvgIpc) is 2.28. The van der Waals surface area contributed by atoms with Crippen LogP contribution < -0.4 is 10.0 Å². The lowest BCUT2D eigenvalue weighted by Crippen LogP contribution is -2.50. The quantitative estimate of drug-likeness (QED) is 0.861. The van der Waals surface area contributed by atoms with Crippen molar-refractivity contribution in [2.75, 3.05) is 11.9 Å². The molecule has 1 saturated carbocycles. The molecule has 1 fully saturated rings. The van der Waals surface area contributed by atoms with Gasteiger partial charge in [-0.05, 0) is 57.4 Å². The van der Waals surface area contributed by atoms with Crippen molar-refractivity contribution in [3.05, 3.63) is 24.3 Å². The normalized spacial score (nSPS) is 18.1. The highest BCUT2D eigenvalue weighted by atomic mass is 32.2. The van der Waals surface area contributed by atoms with E-state index in [1.165, 1.54) is 0 Å². The molecule has 2 N–H and O–H groups in total. The molecule has 1 aromatic carbocycles. The van der Waals surface area contributed by atoms with Crippen molar-refractivity contribution in [1.29, 1.82) is 0 Å². The SMILES string of the molecule is CCNc1ccc(S(=O)(=O)NC2(C)CCC2)cc1. The molecule has 0 unspecified atom stereocenters. The maximum Gasteiger partial charge on any atom is 0.241 e. The van der Waals surface area contributed by atoms with Crippen molar-refractivity contribution >= 4 is 15.7 Å². The van der Waals surface area contributed by atoms with Gasteiger partial charge in [0.05, 0.1) is 4.90 Å². The third kappa shape index (κ3) is 2.84. The van der Waals surface area contributed by atoms with Crippen LogP contribution in [-0.4, -0.2) is 20.5 Å². The maximum atomic E-state index is 12.2. The third-order valence-electron chi connectivity index (χ3n) is 3.38. The molecule has 18 heavy (non-hydrogen) atoms. The summed E-state index contributed by atoms with van der Waals surface area (Å²) >= 11 is 0. The van der Waals surface area contributed by atoms with Crippen LogP contribution in [0.5, 0.6) is 0 Å². The van der Waals surface area contributed by atoms with E-state index in [-0.39, 0.29) is 5.54 Å². The molecule has 5 heteroatoms. The van der Waals surface area contributed by atoms with Crippen LogP contribution >= 0.6 is 0 Å². The Morgan fingerprint density at radius 2 is 1.83 bits per heavy atom. The molecule has 4 nitrogen and oxygen atoms in total. The smallest absolute Gasteiger partial charge is 0.241 e. The Balaban J connectivity index is 2.14. The standard InChI is InChI=1S/C13H20N2O2S/c1-3-14-11-5-7-12(8-6-11)18(16,17)15-13(2)9-4-10-13/h5-8,14-15H,3-4,9-10H2,1-2H3. The summed E-state index contributed by atoms with van der Waals surface area (Å²) in [7, 11) is -3.39. The predicted octanol–water partition coefficient (Wildman–Crippen LogP) is 2.34. The van der Waals surface area contributed by atoms with Gasteiger partial charge in [0.15, 0.2) is 0 Å². The van der Waals surface area contributed by atoms with Crippen molar-refractivity contribution in [2.45, 2.75) is 43.5 Å². The molecule has 0 amide bonds. The van der Waals surface area contributed by atoms with E-state index in [0.717, 1.165) is 31.5 Å². The summed E-state index contributed by atoms with van der Waals surface area (Å²) in [6, 6.07) is 6.87. The van der Waals surface area contributed by atoms with Gasteiger partial charge in [-0.3, -0.25) is 0 Å². The monoisotopic (exact) mass is 268 g/mol. The number of benzene rings is 1. The summed E-state index contributed by atoms with van der Waals surface area (Å²) < 4.78 is 27.1. The van der Waals surface area contributed by atoms with Gasteiger partial charge in [0.2, 0.25) is 10.0 Å². The Hall–Kier alpha value is -1.07. The van der Waals surface area contributed by atoms with Gasteiger partial charge < -0.3 is 5.32 Å². The van der Waals surface area contributed by atoms with E-state index in [2.05, 4.69) is 10.0 Å². The Labute approximate surface area is 109 Å². The highest BCUT2D eigenvalue weighted by molar-refractivity contribution is 7.89. The number of nitrogens with one attached hydrogen (secondary N) is 2. The first kappa shape index (κ1) is 13.4. The lowest BCUT2D eigenvalue weighted by atomic mass is 9.80. The second-order valence-corrected chi connectivity index (χ2v) is 6.76. The fourth-order valence-electron chi connectivity index (χ4n) is 2.15. The molecule has 1 aliphatic carbocycles. The minimum Gasteiger partial charge on any atom is -0.385 e. The molecule has 100 valence electrons. The fourth-order valence-corrected chi connectivity index (χ4v) is 3.61. The van der Waals surface area contributed by atoms with Gasteiger partial charge in [-0.15, -0.1) is 0 Å². The van der Waals surface area contributed by atoms with Crippen LogP contribution in [0.3, 0.4) is 0 Å². The first-order valence-corrected chi connectivity index (χ1v) is 7.81. The summed E-state index contributed by atoms with van der Waals surface area (Å²) in [5.74, 6) is 0. The second kappa shape index (κ2) is 4.90. The summed E-state index contributed by atoms with van der Waals surface area (Å²) in [5, 5.41) is 3.14. The topological polar surface area (TPSA) is 58.2 Å². The van der Waals surface area contributed by atoms with Crippen LogP contribution in [-0.2, 0) is 10.0 Å². The molecular formula is C13H20N2O2S. The predicted molar refractivity (Wildman–Crippen MR) is 73.2 cm³/mol. The zero-order valence-electron chi connectivity index (χ0n) is 10.9. The molecule has 0 aromatic heterocycles. The lowest BCUT2D eigenvalue weighted by Gasteiger charge is -2.38. The Morgan fingerprint density at radius 1 is 1.22 bits per heavy atom. The van der Waals surface area contributed by atoms with Crippen LogP contribution in [0, 0.1) is 0 Å². The minimum atomic E-state index is -3.39.